The fraction of sp³-hybridized carbons (Fsp3) is 0.316. The maximum absolute atomic E-state index is 12.7. The molecule has 2 aromatic carbocycles. The van der Waals surface area contributed by atoms with E-state index in [1.807, 2.05) is 12.1 Å². The summed E-state index contributed by atoms with van der Waals surface area (Å²) >= 11 is 1.57. The molecule has 0 bridgehead atoms. The molecule has 1 heterocycles. The van der Waals surface area contributed by atoms with Gasteiger partial charge in [-0.1, -0.05) is 26.0 Å². The molecule has 1 aliphatic heterocycles. The summed E-state index contributed by atoms with van der Waals surface area (Å²) in [5.74, 6) is 1.10. The molecule has 26 heavy (non-hydrogen) atoms. The van der Waals surface area contributed by atoms with Crippen molar-refractivity contribution < 1.29 is 13.2 Å². The summed E-state index contributed by atoms with van der Waals surface area (Å²) in [6, 6.07) is 12.3. The molecule has 0 spiro atoms. The predicted molar refractivity (Wildman–Crippen MR) is 107 cm³/mol. The summed E-state index contributed by atoms with van der Waals surface area (Å²) in [4.78, 5) is 14.4. The highest BCUT2D eigenvalue weighted by atomic mass is 32.2. The van der Waals surface area contributed by atoms with E-state index in [9.17, 15) is 13.2 Å². The average Bonchev–Trinajstić information content (AvgIpc) is 2.60. The van der Waals surface area contributed by atoms with E-state index in [4.69, 9.17) is 0 Å². The lowest BCUT2D eigenvalue weighted by Crippen LogP contribution is -2.33. The van der Waals surface area contributed by atoms with Crippen LogP contribution in [0.15, 0.2) is 52.3 Å². The smallest absolute Gasteiger partial charge is 0.261 e. The van der Waals surface area contributed by atoms with Gasteiger partial charge in [0.05, 0.1) is 10.6 Å². The topological polar surface area (TPSA) is 66.5 Å². The van der Waals surface area contributed by atoms with Gasteiger partial charge in [-0.15, -0.1) is 11.8 Å². The zero-order valence-electron chi connectivity index (χ0n) is 15.0. The van der Waals surface area contributed by atoms with Crippen LogP contribution in [0.2, 0.25) is 0 Å². The molecule has 1 N–H and O–H groups in total. The van der Waals surface area contributed by atoms with Gasteiger partial charge in [-0.25, -0.2) is 8.42 Å². The molecule has 3 rings (SSSR count). The van der Waals surface area contributed by atoms with E-state index in [1.165, 1.54) is 6.92 Å². The Bertz CT molecular complexity index is 922. The Labute approximate surface area is 158 Å². The molecule has 7 heteroatoms. The van der Waals surface area contributed by atoms with Crippen LogP contribution in [-0.2, 0) is 14.8 Å². The lowest BCUT2D eigenvalue weighted by molar-refractivity contribution is -0.116. The van der Waals surface area contributed by atoms with E-state index >= 15 is 0 Å². The van der Waals surface area contributed by atoms with E-state index in [2.05, 4.69) is 18.6 Å². The Morgan fingerprint density at radius 2 is 1.85 bits per heavy atom. The van der Waals surface area contributed by atoms with Crippen molar-refractivity contribution in [1.29, 1.82) is 0 Å². The predicted octanol–water partition coefficient (Wildman–Crippen LogP) is 4.07. The van der Waals surface area contributed by atoms with Crippen LogP contribution in [0, 0.1) is 0 Å². The molecule has 0 atom stereocenters. The molecule has 0 fully saturated rings. The Morgan fingerprint density at radius 1 is 1.15 bits per heavy atom. The Kier molecular flexibility index (Phi) is 5.29. The maximum atomic E-state index is 12.7. The Balaban J connectivity index is 1.87. The van der Waals surface area contributed by atoms with Gasteiger partial charge in [0.15, 0.2) is 0 Å². The molecule has 138 valence electrons. The number of nitrogens with one attached hydrogen (secondary N) is 1. The van der Waals surface area contributed by atoms with Crippen LogP contribution in [0.5, 0.6) is 0 Å². The Morgan fingerprint density at radius 3 is 2.46 bits per heavy atom. The quantitative estimate of drug-likeness (QED) is 0.855. The minimum atomic E-state index is -3.68. The number of carbonyl (C=O) groups is 1. The summed E-state index contributed by atoms with van der Waals surface area (Å²) < 4.78 is 28.1. The van der Waals surface area contributed by atoms with Gasteiger partial charge in [-0.05, 0) is 41.8 Å². The number of thioether (sulfide) groups is 1. The van der Waals surface area contributed by atoms with E-state index in [0.29, 0.717) is 18.2 Å². The molecule has 0 saturated carbocycles. The van der Waals surface area contributed by atoms with Gasteiger partial charge in [0, 0.05) is 29.8 Å². The first-order valence-corrected chi connectivity index (χ1v) is 10.9. The van der Waals surface area contributed by atoms with E-state index < -0.39 is 10.0 Å². The van der Waals surface area contributed by atoms with Crippen LogP contribution in [0.4, 0.5) is 11.4 Å². The Hall–Kier alpha value is -1.99. The standard InChI is InChI=1S/C19H22N2O3S2/c1-13(2)15-4-6-16(7-5-15)20-26(23,24)17-8-9-18-19(12-17)25-11-10-21(18)14(3)22/h4-9,12-13,20H,10-11H2,1-3H3. The van der Waals surface area contributed by atoms with Crippen molar-refractivity contribution in [1.82, 2.24) is 0 Å². The van der Waals surface area contributed by atoms with Crippen molar-refractivity contribution in [2.45, 2.75) is 36.5 Å². The van der Waals surface area contributed by atoms with Gasteiger partial charge < -0.3 is 4.90 Å². The molecule has 0 radical (unpaired) electrons. The molecule has 1 amide bonds. The van der Waals surface area contributed by atoms with Gasteiger partial charge in [0.2, 0.25) is 5.91 Å². The highest BCUT2D eigenvalue weighted by Gasteiger charge is 2.23. The van der Waals surface area contributed by atoms with Crippen molar-refractivity contribution in [3.63, 3.8) is 0 Å². The van der Waals surface area contributed by atoms with Gasteiger partial charge in [-0.3, -0.25) is 9.52 Å². The minimum absolute atomic E-state index is 0.0366. The van der Waals surface area contributed by atoms with Gasteiger partial charge in [0.1, 0.15) is 0 Å². The van der Waals surface area contributed by atoms with Crippen LogP contribution < -0.4 is 9.62 Å². The molecule has 5 nitrogen and oxygen atoms in total. The number of sulfonamides is 1. The van der Waals surface area contributed by atoms with Crippen molar-refractivity contribution in [2.75, 3.05) is 21.9 Å². The summed E-state index contributed by atoms with van der Waals surface area (Å²) in [6.07, 6.45) is 0. The minimum Gasteiger partial charge on any atom is -0.311 e. The van der Waals surface area contributed by atoms with Crippen molar-refractivity contribution >= 4 is 39.1 Å². The lowest BCUT2D eigenvalue weighted by Gasteiger charge is -2.28. The number of hydrogen-bond donors (Lipinski definition) is 1. The zero-order valence-corrected chi connectivity index (χ0v) is 16.7. The highest BCUT2D eigenvalue weighted by molar-refractivity contribution is 7.99. The monoisotopic (exact) mass is 390 g/mol. The second-order valence-corrected chi connectivity index (χ2v) is 9.35. The number of fused-ring (bicyclic) bond motifs is 1. The molecule has 0 saturated heterocycles. The average molecular weight is 391 g/mol. The largest absolute Gasteiger partial charge is 0.311 e. The van der Waals surface area contributed by atoms with E-state index in [0.717, 1.165) is 21.9 Å². The maximum Gasteiger partial charge on any atom is 0.261 e. The number of rotatable bonds is 4. The fourth-order valence-corrected chi connectivity index (χ4v) is 5.03. The first-order chi connectivity index (χ1) is 12.3. The van der Waals surface area contributed by atoms with Crippen LogP contribution in [-0.4, -0.2) is 26.6 Å². The summed E-state index contributed by atoms with van der Waals surface area (Å²) in [7, 11) is -3.68. The van der Waals surface area contributed by atoms with Crippen molar-refractivity contribution in [3.8, 4) is 0 Å². The first-order valence-electron chi connectivity index (χ1n) is 8.45. The SMILES string of the molecule is CC(=O)N1CCSc2cc(S(=O)(=O)Nc3ccc(C(C)C)cc3)ccc21. The molecule has 0 aromatic heterocycles. The van der Waals surface area contributed by atoms with Gasteiger partial charge in [0.25, 0.3) is 10.0 Å². The lowest BCUT2D eigenvalue weighted by atomic mass is 10.0. The summed E-state index contributed by atoms with van der Waals surface area (Å²) in [5.41, 5.74) is 2.46. The van der Waals surface area contributed by atoms with Gasteiger partial charge in [-0.2, -0.15) is 0 Å². The molecule has 2 aromatic rings. The molecule has 0 aliphatic carbocycles. The third-order valence-electron chi connectivity index (χ3n) is 4.31. The van der Waals surface area contributed by atoms with Crippen molar-refractivity contribution in [3.05, 3.63) is 48.0 Å². The number of amides is 1. The van der Waals surface area contributed by atoms with Crippen LogP contribution in [0.25, 0.3) is 0 Å². The summed E-state index contributed by atoms with van der Waals surface area (Å²) in [5, 5.41) is 0. The second kappa shape index (κ2) is 7.32. The number of benzene rings is 2. The van der Waals surface area contributed by atoms with Gasteiger partial charge >= 0.3 is 0 Å². The number of nitrogens with zero attached hydrogens (tertiary/aromatic N) is 1. The third-order valence-corrected chi connectivity index (χ3v) is 6.72. The zero-order chi connectivity index (χ0) is 18.9. The highest BCUT2D eigenvalue weighted by Crippen LogP contribution is 2.36. The third kappa shape index (κ3) is 3.88. The van der Waals surface area contributed by atoms with Crippen molar-refractivity contribution in [2.24, 2.45) is 0 Å². The first kappa shape index (κ1) is 18.8. The normalized spacial score (nSPS) is 14.2. The van der Waals surface area contributed by atoms with E-state index in [1.54, 1.807) is 47.0 Å². The molecule has 1 aliphatic rings. The summed E-state index contributed by atoms with van der Waals surface area (Å²) in [6.45, 7) is 6.34. The van der Waals surface area contributed by atoms with Crippen LogP contribution in [0.3, 0.4) is 0 Å². The van der Waals surface area contributed by atoms with E-state index in [-0.39, 0.29) is 10.8 Å². The molecular formula is C19H22N2O3S2. The number of anilines is 2. The molecular weight excluding hydrogens is 368 g/mol. The fourth-order valence-electron chi connectivity index (χ4n) is 2.84. The second-order valence-electron chi connectivity index (χ2n) is 6.53. The molecule has 0 unspecified atom stereocenters. The van der Waals surface area contributed by atoms with Crippen LogP contribution >= 0.6 is 11.8 Å². The van der Waals surface area contributed by atoms with Crippen LogP contribution in [0.1, 0.15) is 32.3 Å². The number of carbonyl (C=O) groups excluding carboxylic acids is 1. The number of hydrogen-bond acceptors (Lipinski definition) is 4.